The largest absolute Gasteiger partial charge is 0.492 e. The second kappa shape index (κ2) is 7.18. The normalized spacial score (nSPS) is 14.4. The van der Waals surface area contributed by atoms with Crippen molar-refractivity contribution in [2.75, 3.05) is 19.7 Å². The summed E-state index contributed by atoms with van der Waals surface area (Å²) < 4.78 is 12.5. The van der Waals surface area contributed by atoms with Crippen LogP contribution in [0, 0.1) is 0 Å². The quantitative estimate of drug-likeness (QED) is 0.492. The van der Waals surface area contributed by atoms with Crippen molar-refractivity contribution >= 4 is 21.6 Å². The number of hydrogen-bond acceptors (Lipinski definition) is 5. The molecule has 5 rings (SSSR count). The third-order valence-corrected chi connectivity index (χ3v) is 5.98. The average molecular weight is 376 g/mol. The standard InChI is InChI=1S/C22H20N2O2S/c1-2-5-18-15-24(10-8-16(18)4-1)11-12-25-19-7-3-6-17(14-19)21-22-20(26-23-21)9-13-27-22/h1-7,9,13-14H,8,10-12,15H2. The van der Waals surface area contributed by atoms with Gasteiger partial charge in [-0.1, -0.05) is 41.6 Å². The lowest BCUT2D eigenvalue weighted by Crippen LogP contribution is -2.33. The first-order valence-electron chi connectivity index (χ1n) is 9.22. The van der Waals surface area contributed by atoms with Gasteiger partial charge in [-0.3, -0.25) is 4.90 Å². The lowest BCUT2D eigenvalue weighted by atomic mass is 10.0. The van der Waals surface area contributed by atoms with E-state index in [9.17, 15) is 0 Å². The van der Waals surface area contributed by atoms with Crippen molar-refractivity contribution in [3.63, 3.8) is 0 Å². The molecule has 0 bridgehead atoms. The fourth-order valence-electron chi connectivity index (χ4n) is 3.63. The van der Waals surface area contributed by atoms with Crippen molar-refractivity contribution in [2.45, 2.75) is 13.0 Å². The van der Waals surface area contributed by atoms with E-state index in [4.69, 9.17) is 9.26 Å². The number of fused-ring (bicyclic) bond motifs is 2. The summed E-state index contributed by atoms with van der Waals surface area (Å²) in [5.41, 5.74) is 5.68. The van der Waals surface area contributed by atoms with Crippen molar-refractivity contribution in [1.82, 2.24) is 10.1 Å². The van der Waals surface area contributed by atoms with Gasteiger partial charge in [0.1, 0.15) is 22.8 Å². The first kappa shape index (κ1) is 16.5. The molecule has 0 saturated carbocycles. The number of aromatic nitrogens is 1. The molecule has 2 aromatic carbocycles. The van der Waals surface area contributed by atoms with Gasteiger partial charge in [0.15, 0.2) is 5.58 Å². The number of rotatable bonds is 5. The summed E-state index contributed by atoms with van der Waals surface area (Å²) in [7, 11) is 0. The van der Waals surface area contributed by atoms with Gasteiger partial charge in [-0.2, -0.15) is 0 Å². The molecule has 0 atom stereocenters. The third kappa shape index (κ3) is 3.36. The van der Waals surface area contributed by atoms with Crippen LogP contribution in [0.1, 0.15) is 11.1 Å². The minimum absolute atomic E-state index is 0.679. The third-order valence-electron chi connectivity index (χ3n) is 5.07. The van der Waals surface area contributed by atoms with Gasteiger partial charge in [0.25, 0.3) is 0 Å². The molecular weight excluding hydrogens is 356 g/mol. The lowest BCUT2D eigenvalue weighted by Gasteiger charge is -2.28. The number of ether oxygens (including phenoxy) is 1. The van der Waals surface area contributed by atoms with Crippen molar-refractivity contribution in [3.05, 3.63) is 71.1 Å². The number of benzene rings is 2. The van der Waals surface area contributed by atoms with E-state index in [1.54, 1.807) is 11.3 Å². The summed E-state index contributed by atoms with van der Waals surface area (Å²) in [6, 6.07) is 18.8. The SMILES string of the molecule is c1cc(OCCN2CCc3ccccc3C2)cc(-c2noc3ccsc23)c1. The molecule has 0 fully saturated rings. The maximum Gasteiger partial charge on any atom is 0.178 e. The highest BCUT2D eigenvalue weighted by molar-refractivity contribution is 7.17. The molecule has 0 radical (unpaired) electrons. The first-order chi connectivity index (χ1) is 13.4. The predicted molar refractivity (Wildman–Crippen MR) is 108 cm³/mol. The minimum Gasteiger partial charge on any atom is -0.492 e. The monoisotopic (exact) mass is 376 g/mol. The Kier molecular flexibility index (Phi) is 4.40. The van der Waals surface area contributed by atoms with E-state index in [1.807, 2.05) is 35.7 Å². The van der Waals surface area contributed by atoms with E-state index in [0.717, 1.165) is 53.3 Å². The van der Waals surface area contributed by atoms with Crippen LogP contribution in [0.25, 0.3) is 21.5 Å². The Morgan fingerprint density at radius 3 is 2.96 bits per heavy atom. The van der Waals surface area contributed by atoms with Crippen LogP contribution in [-0.4, -0.2) is 29.8 Å². The van der Waals surface area contributed by atoms with E-state index in [0.29, 0.717) is 6.61 Å². The number of thiophene rings is 1. The molecule has 0 spiro atoms. The van der Waals surface area contributed by atoms with E-state index in [1.165, 1.54) is 11.1 Å². The van der Waals surface area contributed by atoms with Crippen LogP contribution in [0.5, 0.6) is 5.75 Å². The van der Waals surface area contributed by atoms with Gasteiger partial charge in [0, 0.05) is 25.2 Å². The molecule has 0 aliphatic carbocycles. The second-order valence-electron chi connectivity index (χ2n) is 6.82. The van der Waals surface area contributed by atoms with Crippen LogP contribution in [0.2, 0.25) is 0 Å². The average Bonchev–Trinajstić information content (AvgIpc) is 3.32. The fourth-order valence-corrected chi connectivity index (χ4v) is 4.45. The molecule has 4 aromatic rings. The molecule has 0 saturated heterocycles. The van der Waals surface area contributed by atoms with Gasteiger partial charge in [-0.25, -0.2) is 0 Å². The van der Waals surface area contributed by atoms with Crippen molar-refractivity contribution in [3.8, 4) is 17.0 Å². The van der Waals surface area contributed by atoms with Crippen LogP contribution in [0.3, 0.4) is 0 Å². The number of nitrogens with zero attached hydrogens (tertiary/aromatic N) is 2. The molecule has 1 aliphatic rings. The summed E-state index contributed by atoms with van der Waals surface area (Å²) in [6.45, 7) is 3.71. The Balaban J connectivity index is 1.23. The molecule has 4 nitrogen and oxygen atoms in total. The lowest BCUT2D eigenvalue weighted by molar-refractivity contribution is 0.196. The van der Waals surface area contributed by atoms with E-state index in [2.05, 4.69) is 34.3 Å². The Labute approximate surface area is 162 Å². The Bertz CT molecular complexity index is 1070. The Morgan fingerprint density at radius 1 is 1.07 bits per heavy atom. The fraction of sp³-hybridized carbons (Fsp3) is 0.227. The molecule has 0 unspecified atom stereocenters. The smallest absolute Gasteiger partial charge is 0.178 e. The summed E-state index contributed by atoms with van der Waals surface area (Å²) in [5.74, 6) is 0.873. The molecule has 0 amide bonds. The van der Waals surface area contributed by atoms with Crippen LogP contribution in [0.15, 0.2) is 64.5 Å². The van der Waals surface area contributed by atoms with E-state index < -0.39 is 0 Å². The maximum atomic E-state index is 6.03. The van der Waals surface area contributed by atoms with Gasteiger partial charge in [0.05, 0.1) is 0 Å². The van der Waals surface area contributed by atoms with Crippen LogP contribution in [0.4, 0.5) is 0 Å². The highest BCUT2D eigenvalue weighted by atomic mass is 32.1. The van der Waals surface area contributed by atoms with Gasteiger partial charge in [-0.05, 0) is 41.1 Å². The van der Waals surface area contributed by atoms with Crippen molar-refractivity contribution in [1.29, 1.82) is 0 Å². The molecule has 3 heterocycles. The molecule has 136 valence electrons. The molecule has 0 N–H and O–H groups in total. The van der Waals surface area contributed by atoms with E-state index >= 15 is 0 Å². The topological polar surface area (TPSA) is 38.5 Å². The van der Waals surface area contributed by atoms with Gasteiger partial charge in [-0.15, -0.1) is 11.3 Å². The van der Waals surface area contributed by atoms with Crippen LogP contribution in [-0.2, 0) is 13.0 Å². The van der Waals surface area contributed by atoms with Crippen LogP contribution < -0.4 is 4.74 Å². The molecule has 2 aromatic heterocycles. The predicted octanol–water partition coefficient (Wildman–Crippen LogP) is 4.99. The van der Waals surface area contributed by atoms with Crippen molar-refractivity contribution < 1.29 is 9.26 Å². The molecule has 27 heavy (non-hydrogen) atoms. The molecule has 5 heteroatoms. The second-order valence-corrected chi connectivity index (χ2v) is 7.73. The highest BCUT2D eigenvalue weighted by Gasteiger charge is 2.16. The van der Waals surface area contributed by atoms with Crippen molar-refractivity contribution in [2.24, 2.45) is 0 Å². The first-order valence-corrected chi connectivity index (χ1v) is 10.1. The minimum atomic E-state index is 0.679. The van der Waals surface area contributed by atoms with Crippen LogP contribution >= 0.6 is 11.3 Å². The summed E-state index contributed by atoms with van der Waals surface area (Å²) >= 11 is 1.65. The van der Waals surface area contributed by atoms with Gasteiger partial charge >= 0.3 is 0 Å². The zero-order valence-electron chi connectivity index (χ0n) is 14.9. The Morgan fingerprint density at radius 2 is 2.00 bits per heavy atom. The summed E-state index contributed by atoms with van der Waals surface area (Å²) in [5, 5.41) is 6.24. The molecule has 1 aliphatic heterocycles. The zero-order chi connectivity index (χ0) is 18.1. The molecular formula is C22H20N2O2S. The van der Waals surface area contributed by atoms with Gasteiger partial charge < -0.3 is 9.26 Å². The maximum absolute atomic E-state index is 6.03. The zero-order valence-corrected chi connectivity index (χ0v) is 15.7. The Hall–Kier alpha value is -2.63. The van der Waals surface area contributed by atoms with Gasteiger partial charge in [0.2, 0.25) is 0 Å². The summed E-state index contributed by atoms with van der Waals surface area (Å²) in [4.78, 5) is 2.46. The number of hydrogen-bond donors (Lipinski definition) is 0. The highest BCUT2D eigenvalue weighted by Crippen LogP contribution is 2.33. The van der Waals surface area contributed by atoms with E-state index in [-0.39, 0.29) is 0 Å². The summed E-state index contributed by atoms with van der Waals surface area (Å²) in [6.07, 6.45) is 1.12.